The van der Waals surface area contributed by atoms with Gasteiger partial charge in [0.1, 0.15) is 0 Å². The average molecular weight is 231 g/mol. The molecule has 1 saturated heterocycles. The Morgan fingerprint density at radius 1 is 1.40 bits per heavy atom. The third-order valence-corrected chi connectivity index (χ3v) is 6.08. The molecule has 0 aromatic rings. The Balaban J connectivity index is 2.06. The normalized spacial score (nSPS) is 44.7. The van der Waals surface area contributed by atoms with Crippen LogP contribution >= 0.6 is 0 Å². The second-order valence-electron chi connectivity index (χ2n) is 5.35. The largest absolute Gasteiger partial charge is 0.325 e. The van der Waals surface area contributed by atoms with Crippen LogP contribution in [-0.4, -0.2) is 25.5 Å². The van der Waals surface area contributed by atoms with Gasteiger partial charge in [-0.05, 0) is 37.5 Å². The van der Waals surface area contributed by atoms with Gasteiger partial charge in [0.05, 0.1) is 11.5 Å². The molecule has 0 aromatic heterocycles. The quantitative estimate of drug-likeness (QED) is 0.780. The van der Waals surface area contributed by atoms with E-state index in [0.29, 0.717) is 11.5 Å². The van der Waals surface area contributed by atoms with Crippen molar-refractivity contribution in [2.45, 2.75) is 44.6 Å². The molecule has 0 aromatic carbocycles. The number of nitrogens with two attached hydrogens (primary N) is 1. The van der Waals surface area contributed by atoms with Gasteiger partial charge in [-0.3, -0.25) is 0 Å². The molecule has 1 heterocycles. The van der Waals surface area contributed by atoms with E-state index < -0.39 is 9.84 Å². The summed E-state index contributed by atoms with van der Waals surface area (Å²) in [4.78, 5) is 0. The predicted octanol–water partition coefficient (Wildman–Crippen LogP) is 1.33. The first-order chi connectivity index (χ1) is 6.95. The summed E-state index contributed by atoms with van der Waals surface area (Å²) < 4.78 is 22.9. The topological polar surface area (TPSA) is 60.2 Å². The molecule has 3 unspecified atom stereocenters. The van der Waals surface area contributed by atoms with Gasteiger partial charge in [-0.1, -0.05) is 13.3 Å². The Kier molecular flexibility index (Phi) is 2.84. The summed E-state index contributed by atoms with van der Waals surface area (Å²) in [6.45, 7) is 2.20. The zero-order chi connectivity index (χ0) is 11.1. The van der Waals surface area contributed by atoms with Gasteiger partial charge in [-0.25, -0.2) is 8.42 Å². The second kappa shape index (κ2) is 3.74. The van der Waals surface area contributed by atoms with Gasteiger partial charge in [0.2, 0.25) is 0 Å². The van der Waals surface area contributed by atoms with Gasteiger partial charge in [0.25, 0.3) is 0 Å². The van der Waals surface area contributed by atoms with E-state index in [0.717, 1.165) is 25.2 Å². The molecule has 1 saturated carbocycles. The summed E-state index contributed by atoms with van der Waals surface area (Å²) in [5, 5.41) is 0. The van der Waals surface area contributed by atoms with Crippen molar-refractivity contribution >= 4 is 9.84 Å². The minimum absolute atomic E-state index is 0.176. The fourth-order valence-electron chi connectivity index (χ4n) is 3.18. The minimum Gasteiger partial charge on any atom is -0.325 e. The standard InChI is InChI=1S/C11H21NO2S/c1-2-9-3-5-11(12,7-9)10-4-6-15(13,14)8-10/h9-10H,2-8,12H2,1H3. The van der Waals surface area contributed by atoms with Gasteiger partial charge in [0, 0.05) is 5.54 Å². The van der Waals surface area contributed by atoms with Crippen molar-refractivity contribution in [2.75, 3.05) is 11.5 Å². The SMILES string of the molecule is CCC1CCC(N)(C2CCS(=O)(=O)C2)C1. The fraction of sp³-hybridized carbons (Fsp3) is 1.00. The lowest BCUT2D eigenvalue weighted by molar-refractivity contribution is 0.290. The van der Waals surface area contributed by atoms with E-state index in [1.807, 2.05) is 0 Å². The van der Waals surface area contributed by atoms with Crippen LogP contribution in [-0.2, 0) is 9.84 Å². The number of hydrogen-bond donors (Lipinski definition) is 1. The van der Waals surface area contributed by atoms with Crippen LogP contribution < -0.4 is 5.73 Å². The molecular formula is C11H21NO2S. The van der Waals surface area contributed by atoms with Gasteiger partial charge in [-0.15, -0.1) is 0 Å². The van der Waals surface area contributed by atoms with Crippen LogP contribution in [0.4, 0.5) is 0 Å². The third kappa shape index (κ3) is 2.21. The first kappa shape index (κ1) is 11.4. The minimum atomic E-state index is -2.78. The van der Waals surface area contributed by atoms with Crippen LogP contribution in [0.2, 0.25) is 0 Å². The maximum Gasteiger partial charge on any atom is 0.150 e. The molecule has 15 heavy (non-hydrogen) atoms. The lowest BCUT2D eigenvalue weighted by Gasteiger charge is -2.30. The fourth-order valence-corrected chi connectivity index (χ4v) is 5.10. The molecular weight excluding hydrogens is 210 g/mol. The third-order valence-electron chi connectivity index (χ3n) is 4.31. The molecule has 4 heteroatoms. The van der Waals surface area contributed by atoms with Crippen molar-refractivity contribution in [2.24, 2.45) is 17.6 Å². The van der Waals surface area contributed by atoms with Crippen LogP contribution in [0.25, 0.3) is 0 Å². The molecule has 2 rings (SSSR count). The van der Waals surface area contributed by atoms with Crippen molar-refractivity contribution in [1.29, 1.82) is 0 Å². The summed E-state index contributed by atoms with van der Waals surface area (Å²) in [7, 11) is -2.78. The first-order valence-electron chi connectivity index (χ1n) is 5.94. The van der Waals surface area contributed by atoms with Gasteiger partial charge < -0.3 is 5.73 Å². The summed E-state index contributed by atoms with van der Waals surface area (Å²) in [6, 6.07) is 0. The van der Waals surface area contributed by atoms with E-state index in [2.05, 4.69) is 6.92 Å². The van der Waals surface area contributed by atoms with Gasteiger partial charge in [-0.2, -0.15) is 0 Å². The highest BCUT2D eigenvalue weighted by atomic mass is 32.2. The molecule has 0 amide bonds. The lowest BCUT2D eigenvalue weighted by atomic mass is 9.82. The van der Waals surface area contributed by atoms with Crippen molar-refractivity contribution < 1.29 is 8.42 Å². The zero-order valence-corrected chi connectivity index (χ0v) is 10.2. The molecule has 3 nitrogen and oxygen atoms in total. The van der Waals surface area contributed by atoms with Gasteiger partial charge in [0.15, 0.2) is 9.84 Å². The summed E-state index contributed by atoms with van der Waals surface area (Å²) >= 11 is 0. The van der Waals surface area contributed by atoms with E-state index >= 15 is 0 Å². The van der Waals surface area contributed by atoms with Crippen molar-refractivity contribution in [3.8, 4) is 0 Å². The Morgan fingerprint density at radius 2 is 2.13 bits per heavy atom. The number of sulfone groups is 1. The molecule has 88 valence electrons. The highest BCUT2D eigenvalue weighted by molar-refractivity contribution is 7.91. The van der Waals surface area contributed by atoms with Gasteiger partial charge >= 0.3 is 0 Å². The van der Waals surface area contributed by atoms with E-state index in [1.165, 1.54) is 12.8 Å². The maximum atomic E-state index is 11.4. The molecule has 0 spiro atoms. The number of rotatable bonds is 2. The molecule has 1 aliphatic carbocycles. The van der Waals surface area contributed by atoms with Crippen molar-refractivity contribution in [1.82, 2.24) is 0 Å². The van der Waals surface area contributed by atoms with Crippen LogP contribution in [0.15, 0.2) is 0 Å². The molecule has 2 fully saturated rings. The van der Waals surface area contributed by atoms with Crippen molar-refractivity contribution in [3.63, 3.8) is 0 Å². The second-order valence-corrected chi connectivity index (χ2v) is 7.58. The van der Waals surface area contributed by atoms with Crippen LogP contribution in [0.3, 0.4) is 0 Å². The van der Waals surface area contributed by atoms with Crippen molar-refractivity contribution in [3.05, 3.63) is 0 Å². The molecule has 1 aliphatic heterocycles. The van der Waals surface area contributed by atoms with E-state index in [9.17, 15) is 8.42 Å². The predicted molar refractivity (Wildman–Crippen MR) is 61.3 cm³/mol. The summed E-state index contributed by atoms with van der Waals surface area (Å²) in [5.74, 6) is 1.63. The Morgan fingerprint density at radius 3 is 2.60 bits per heavy atom. The van der Waals surface area contributed by atoms with Crippen LogP contribution in [0.1, 0.15) is 39.0 Å². The van der Waals surface area contributed by atoms with Crippen LogP contribution in [0.5, 0.6) is 0 Å². The highest BCUT2D eigenvalue weighted by Crippen LogP contribution is 2.42. The maximum absolute atomic E-state index is 11.4. The van der Waals surface area contributed by atoms with E-state index in [4.69, 9.17) is 5.73 Å². The Bertz CT molecular complexity index is 338. The van der Waals surface area contributed by atoms with E-state index in [-0.39, 0.29) is 11.5 Å². The Labute approximate surface area is 92.3 Å². The summed E-state index contributed by atoms with van der Waals surface area (Å²) in [6.07, 6.45) is 5.20. The molecule has 3 atom stereocenters. The Hall–Kier alpha value is -0.0900. The first-order valence-corrected chi connectivity index (χ1v) is 7.76. The van der Waals surface area contributed by atoms with Crippen LogP contribution in [0, 0.1) is 11.8 Å². The average Bonchev–Trinajstić information content (AvgIpc) is 2.70. The highest BCUT2D eigenvalue weighted by Gasteiger charge is 2.45. The monoisotopic (exact) mass is 231 g/mol. The molecule has 2 aliphatic rings. The molecule has 0 bridgehead atoms. The zero-order valence-electron chi connectivity index (χ0n) is 9.41. The molecule has 0 radical (unpaired) electrons. The summed E-state index contributed by atoms with van der Waals surface area (Å²) in [5.41, 5.74) is 6.21. The molecule has 2 N–H and O–H groups in total. The number of hydrogen-bond acceptors (Lipinski definition) is 3. The van der Waals surface area contributed by atoms with E-state index in [1.54, 1.807) is 0 Å². The smallest absolute Gasteiger partial charge is 0.150 e. The lowest BCUT2D eigenvalue weighted by Crippen LogP contribution is -2.45.